The Morgan fingerprint density at radius 1 is 1.11 bits per heavy atom. The van der Waals surface area contributed by atoms with Crippen molar-refractivity contribution >= 4 is 11.3 Å². The van der Waals surface area contributed by atoms with Gasteiger partial charge in [-0.05, 0) is 82.0 Å². The van der Waals surface area contributed by atoms with E-state index >= 15 is 4.39 Å². The molecule has 4 aliphatic rings. The van der Waals surface area contributed by atoms with Crippen LogP contribution in [0.25, 0.3) is 0 Å². The highest BCUT2D eigenvalue weighted by molar-refractivity contribution is 7.12. The second-order valence-corrected chi connectivity index (χ2v) is 10.6. The first kappa shape index (κ1) is 18.5. The van der Waals surface area contributed by atoms with Crippen molar-refractivity contribution in [2.24, 2.45) is 5.92 Å². The number of likely N-dealkylation sites (tertiary alicyclic amines) is 1. The molecule has 2 atom stereocenters. The maximum Gasteiger partial charge on any atom is 0.125 e. The van der Waals surface area contributed by atoms with Gasteiger partial charge in [-0.3, -0.25) is 0 Å². The van der Waals surface area contributed by atoms with Crippen molar-refractivity contribution in [2.45, 2.75) is 68.5 Å². The molecule has 0 bridgehead atoms. The molecule has 2 aliphatic carbocycles. The Balaban J connectivity index is 1.04. The number of hydrogen-bond acceptors (Lipinski definition) is 4. The number of hydrogen-bond donors (Lipinski definition) is 2. The number of alkyl halides is 1. The van der Waals surface area contributed by atoms with Crippen molar-refractivity contribution in [3.63, 3.8) is 0 Å². The molecule has 4 fully saturated rings. The molecule has 1 aromatic heterocycles. The molecule has 27 heavy (non-hydrogen) atoms. The zero-order valence-electron chi connectivity index (χ0n) is 16.4. The lowest BCUT2D eigenvalue weighted by Gasteiger charge is -2.38. The van der Waals surface area contributed by atoms with E-state index < -0.39 is 5.67 Å². The molecule has 0 radical (unpaired) electrons. The number of nitrogens with zero attached hydrogens (tertiary/aromatic N) is 1. The molecule has 2 aliphatic heterocycles. The van der Waals surface area contributed by atoms with Crippen LogP contribution in [0.4, 0.5) is 4.39 Å². The minimum Gasteiger partial charge on any atom is -0.317 e. The van der Waals surface area contributed by atoms with Crippen molar-refractivity contribution in [1.82, 2.24) is 15.5 Å². The highest BCUT2D eigenvalue weighted by Gasteiger charge is 2.42. The van der Waals surface area contributed by atoms with Crippen LogP contribution in [-0.2, 0) is 0 Å². The smallest absolute Gasteiger partial charge is 0.125 e. The first-order valence-corrected chi connectivity index (χ1v) is 12.0. The van der Waals surface area contributed by atoms with E-state index in [1.54, 1.807) is 4.88 Å². The van der Waals surface area contributed by atoms with Crippen LogP contribution in [0.1, 0.15) is 66.5 Å². The second kappa shape index (κ2) is 7.74. The maximum atomic E-state index is 15.3. The first-order valence-electron chi connectivity index (χ1n) is 11.1. The van der Waals surface area contributed by atoms with Gasteiger partial charge in [-0.25, -0.2) is 4.39 Å². The van der Waals surface area contributed by atoms with Gasteiger partial charge < -0.3 is 15.5 Å². The van der Waals surface area contributed by atoms with Gasteiger partial charge in [-0.1, -0.05) is 0 Å². The zero-order valence-corrected chi connectivity index (χ0v) is 17.2. The van der Waals surface area contributed by atoms with Gasteiger partial charge in [0, 0.05) is 47.9 Å². The molecule has 5 rings (SSSR count). The molecule has 2 unspecified atom stereocenters. The van der Waals surface area contributed by atoms with E-state index in [4.69, 9.17) is 0 Å². The molecule has 2 saturated carbocycles. The third-order valence-electron chi connectivity index (χ3n) is 7.19. The summed E-state index contributed by atoms with van der Waals surface area (Å²) in [7, 11) is 0. The van der Waals surface area contributed by atoms with Gasteiger partial charge in [-0.15, -0.1) is 11.3 Å². The molecule has 1 aromatic rings. The average Bonchev–Trinajstić information content (AvgIpc) is 3.62. The topological polar surface area (TPSA) is 27.3 Å². The summed E-state index contributed by atoms with van der Waals surface area (Å²) >= 11 is 2.01. The predicted octanol–water partition coefficient (Wildman–Crippen LogP) is 3.87. The van der Waals surface area contributed by atoms with Gasteiger partial charge in [0.2, 0.25) is 0 Å². The van der Waals surface area contributed by atoms with Crippen LogP contribution in [-0.4, -0.2) is 55.9 Å². The van der Waals surface area contributed by atoms with Gasteiger partial charge in [0.15, 0.2) is 0 Å². The average molecular weight is 392 g/mol. The lowest BCUT2D eigenvalue weighted by Crippen LogP contribution is -2.49. The van der Waals surface area contributed by atoms with Gasteiger partial charge in [-0.2, -0.15) is 0 Å². The third kappa shape index (κ3) is 4.58. The van der Waals surface area contributed by atoms with Crippen molar-refractivity contribution in [1.29, 1.82) is 0 Å². The Kier molecular flexibility index (Phi) is 5.31. The summed E-state index contributed by atoms with van der Waals surface area (Å²) in [6.07, 6.45) is 7.93. The fourth-order valence-electron chi connectivity index (χ4n) is 4.95. The molecule has 150 valence electrons. The lowest BCUT2D eigenvalue weighted by molar-refractivity contribution is 0.0484. The molecule has 0 aromatic carbocycles. The summed E-state index contributed by atoms with van der Waals surface area (Å²) < 4.78 is 15.3. The zero-order chi connectivity index (χ0) is 18.3. The molecular weight excluding hydrogens is 357 g/mol. The Bertz CT molecular complexity index is 629. The molecule has 5 heteroatoms. The van der Waals surface area contributed by atoms with Gasteiger partial charge >= 0.3 is 0 Å². The van der Waals surface area contributed by atoms with E-state index in [0.717, 1.165) is 38.0 Å². The molecule has 3 heterocycles. The van der Waals surface area contributed by atoms with Crippen LogP contribution < -0.4 is 10.6 Å². The van der Waals surface area contributed by atoms with E-state index in [9.17, 15) is 0 Å². The molecule has 0 amide bonds. The molecular formula is C22H34FN3S. The molecule has 2 N–H and O–H groups in total. The molecule has 2 saturated heterocycles. The van der Waals surface area contributed by atoms with Crippen LogP contribution in [0.15, 0.2) is 12.1 Å². The summed E-state index contributed by atoms with van der Waals surface area (Å²) in [4.78, 5) is 5.62. The SMILES string of the molecule is FC1(CNC2CC2c2ccc(C3CC3)s2)CCN(CC2CCNCC2)CC1. The Hall–Kier alpha value is -0.490. The van der Waals surface area contributed by atoms with Crippen molar-refractivity contribution < 1.29 is 4.39 Å². The fourth-order valence-corrected chi connectivity index (χ4v) is 6.31. The standard InChI is InChI=1S/C22H34FN3S/c23-22(7-11-26(12-8-22)14-16-5-9-24-10-6-16)15-25-19-13-18(19)21-4-3-20(27-21)17-1-2-17/h3-4,16-19,24-25H,1-2,5-15H2. The molecule has 3 nitrogen and oxygen atoms in total. The van der Waals surface area contributed by atoms with Crippen LogP contribution in [0, 0.1) is 5.92 Å². The van der Waals surface area contributed by atoms with Crippen LogP contribution in [0.5, 0.6) is 0 Å². The third-order valence-corrected chi connectivity index (χ3v) is 8.57. The second-order valence-electron chi connectivity index (χ2n) is 9.49. The minimum atomic E-state index is -0.994. The Labute approximate surface area is 167 Å². The van der Waals surface area contributed by atoms with E-state index in [0.29, 0.717) is 31.3 Å². The predicted molar refractivity (Wildman–Crippen MR) is 111 cm³/mol. The minimum absolute atomic E-state index is 0.510. The van der Waals surface area contributed by atoms with E-state index in [2.05, 4.69) is 27.7 Å². The van der Waals surface area contributed by atoms with Crippen molar-refractivity contribution in [3.8, 4) is 0 Å². The fraction of sp³-hybridized carbons (Fsp3) is 0.818. The number of rotatable bonds is 7. The number of thiophene rings is 1. The summed E-state index contributed by atoms with van der Waals surface area (Å²) in [5, 5.41) is 7.01. The number of piperidine rings is 2. The highest BCUT2D eigenvalue weighted by atomic mass is 32.1. The number of nitrogens with one attached hydrogen (secondary N) is 2. The van der Waals surface area contributed by atoms with Gasteiger partial charge in [0.1, 0.15) is 5.67 Å². The van der Waals surface area contributed by atoms with Gasteiger partial charge in [0.25, 0.3) is 0 Å². The molecule has 0 spiro atoms. The highest BCUT2D eigenvalue weighted by Crippen LogP contribution is 2.49. The van der Waals surface area contributed by atoms with Gasteiger partial charge in [0.05, 0.1) is 0 Å². The Morgan fingerprint density at radius 2 is 1.85 bits per heavy atom. The maximum absolute atomic E-state index is 15.3. The largest absolute Gasteiger partial charge is 0.317 e. The quantitative estimate of drug-likeness (QED) is 0.739. The summed E-state index contributed by atoms with van der Waals surface area (Å²) in [6.45, 7) is 5.92. The summed E-state index contributed by atoms with van der Waals surface area (Å²) in [5.74, 6) is 2.32. The normalized spacial score (nSPS) is 31.9. The number of halogens is 1. The van der Waals surface area contributed by atoms with Crippen molar-refractivity contribution in [3.05, 3.63) is 21.9 Å². The Morgan fingerprint density at radius 3 is 2.59 bits per heavy atom. The lowest BCUT2D eigenvalue weighted by atomic mass is 9.91. The monoisotopic (exact) mass is 391 g/mol. The summed E-state index contributed by atoms with van der Waals surface area (Å²) in [6, 6.07) is 5.17. The van der Waals surface area contributed by atoms with E-state index in [1.807, 2.05) is 11.3 Å². The van der Waals surface area contributed by atoms with Crippen LogP contribution in [0.3, 0.4) is 0 Å². The van der Waals surface area contributed by atoms with Crippen molar-refractivity contribution in [2.75, 3.05) is 39.3 Å². The first-order chi connectivity index (χ1) is 13.2. The van der Waals surface area contributed by atoms with E-state index in [-0.39, 0.29) is 0 Å². The van der Waals surface area contributed by atoms with Crippen LogP contribution >= 0.6 is 11.3 Å². The van der Waals surface area contributed by atoms with E-state index in [1.165, 1.54) is 43.5 Å². The van der Waals surface area contributed by atoms with Crippen LogP contribution in [0.2, 0.25) is 0 Å². The summed E-state index contributed by atoms with van der Waals surface area (Å²) in [5.41, 5.74) is -0.994.